The Kier molecular flexibility index (Phi) is 6.05. The number of carbonyl (C=O) groups is 2. The van der Waals surface area contributed by atoms with Crippen molar-refractivity contribution in [2.45, 2.75) is 25.2 Å². The van der Waals surface area contributed by atoms with Crippen molar-refractivity contribution in [3.63, 3.8) is 0 Å². The van der Waals surface area contributed by atoms with Crippen LogP contribution < -0.4 is 9.80 Å². The van der Waals surface area contributed by atoms with Crippen LogP contribution in [0.25, 0.3) is 10.8 Å². The molecule has 2 amide bonds. The third-order valence-electron chi connectivity index (χ3n) is 10.1. The van der Waals surface area contributed by atoms with Gasteiger partial charge in [0.05, 0.1) is 28.6 Å². The van der Waals surface area contributed by atoms with Crippen LogP contribution in [0.3, 0.4) is 0 Å². The average Bonchev–Trinajstić information content (AvgIpc) is 3.35. The molecule has 0 N–H and O–H groups in total. The fraction of sp³-hybridized carbons (Fsp3) is 0.205. The Morgan fingerprint density at radius 2 is 1.34 bits per heavy atom. The number of imide groups is 1. The minimum atomic E-state index is -0.893. The average molecular weight is 576 g/mol. The highest BCUT2D eigenvalue weighted by molar-refractivity contribution is 6.27. The first kappa shape index (κ1) is 26.6. The molecule has 1 heterocycles. The third-order valence-corrected chi connectivity index (χ3v) is 10.1. The Labute approximate surface area is 257 Å². The molecule has 3 aliphatic carbocycles. The second-order valence-corrected chi connectivity index (χ2v) is 12.0. The smallest absolute Gasteiger partial charge is 0.239 e. The van der Waals surface area contributed by atoms with Crippen LogP contribution in [-0.2, 0) is 15.0 Å². The molecule has 4 aliphatic rings. The van der Waals surface area contributed by atoms with E-state index in [4.69, 9.17) is 4.99 Å². The van der Waals surface area contributed by atoms with Crippen LogP contribution in [0.15, 0.2) is 120 Å². The van der Waals surface area contributed by atoms with Gasteiger partial charge in [-0.15, -0.1) is 0 Å². The van der Waals surface area contributed by atoms with Crippen LogP contribution in [0.2, 0.25) is 0 Å². The molecule has 2 atom stereocenters. The molecule has 0 spiro atoms. The van der Waals surface area contributed by atoms with Crippen LogP contribution in [0.5, 0.6) is 0 Å². The molecule has 5 heteroatoms. The van der Waals surface area contributed by atoms with Gasteiger partial charge in [0.15, 0.2) is 0 Å². The number of anilines is 2. The molecule has 0 aromatic heterocycles. The molecule has 2 bridgehead atoms. The first-order valence-corrected chi connectivity index (χ1v) is 15.5. The van der Waals surface area contributed by atoms with Crippen LogP contribution in [0, 0.1) is 11.8 Å². The Morgan fingerprint density at radius 1 is 0.727 bits per heavy atom. The number of amides is 2. The number of hydrogen-bond acceptors (Lipinski definition) is 4. The Morgan fingerprint density at radius 3 is 2.02 bits per heavy atom. The largest absolute Gasteiger partial charge is 0.372 e. The molecule has 5 aromatic rings. The van der Waals surface area contributed by atoms with Gasteiger partial charge in [0.2, 0.25) is 11.8 Å². The summed E-state index contributed by atoms with van der Waals surface area (Å²) in [6.07, 6.45) is 1.97. The van der Waals surface area contributed by atoms with Crippen molar-refractivity contribution >= 4 is 45.9 Å². The minimum Gasteiger partial charge on any atom is -0.372 e. The standard InChI is InChI=1S/C39H33N3O2/c1-3-41(4-2)27-22-20-26(21-23-27)40-24-39-31-17-9-7-15-29(31)34(30-16-8-10-18-32(30)39)35-36(39)38(44)42(37(35)43)33-19-11-13-25-12-5-6-14-28(25)33/h5-24,34-36H,3-4H2,1-2H3/t34?,35-,36-,39?/m1/s1. The quantitative estimate of drug-likeness (QED) is 0.154. The topological polar surface area (TPSA) is 53.0 Å². The second-order valence-electron chi connectivity index (χ2n) is 12.0. The van der Waals surface area contributed by atoms with E-state index in [1.54, 1.807) is 0 Å². The van der Waals surface area contributed by atoms with E-state index < -0.39 is 17.3 Å². The van der Waals surface area contributed by atoms with E-state index in [-0.39, 0.29) is 17.7 Å². The van der Waals surface area contributed by atoms with Crippen LogP contribution >= 0.6 is 0 Å². The van der Waals surface area contributed by atoms with Crippen molar-refractivity contribution < 1.29 is 9.59 Å². The maximum atomic E-state index is 14.8. The molecule has 5 nitrogen and oxygen atoms in total. The van der Waals surface area contributed by atoms with Gasteiger partial charge in [-0.3, -0.25) is 14.6 Å². The summed E-state index contributed by atoms with van der Waals surface area (Å²) in [6, 6.07) is 38.7. The molecule has 1 fully saturated rings. The van der Waals surface area contributed by atoms with Gasteiger partial charge >= 0.3 is 0 Å². The van der Waals surface area contributed by atoms with Crippen molar-refractivity contribution in [1.29, 1.82) is 0 Å². The van der Waals surface area contributed by atoms with Crippen molar-refractivity contribution in [2.75, 3.05) is 22.9 Å². The van der Waals surface area contributed by atoms with Gasteiger partial charge in [-0.05, 0) is 71.8 Å². The molecule has 1 saturated heterocycles. The third kappa shape index (κ3) is 3.56. The van der Waals surface area contributed by atoms with Crippen LogP contribution in [0.4, 0.5) is 17.1 Å². The number of fused-ring (bicyclic) bond motifs is 1. The molecule has 5 aromatic carbocycles. The molecule has 0 saturated carbocycles. The summed E-state index contributed by atoms with van der Waals surface area (Å²) < 4.78 is 0. The van der Waals surface area contributed by atoms with Crippen molar-refractivity contribution in [2.24, 2.45) is 16.8 Å². The van der Waals surface area contributed by atoms with Gasteiger partial charge in [0.1, 0.15) is 0 Å². The summed E-state index contributed by atoms with van der Waals surface area (Å²) in [5.74, 6) is -1.63. The predicted molar refractivity (Wildman–Crippen MR) is 177 cm³/mol. The Bertz CT molecular complexity index is 1920. The van der Waals surface area contributed by atoms with Gasteiger partial charge < -0.3 is 4.90 Å². The van der Waals surface area contributed by atoms with E-state index in [2.05, 4.69) is 55.1 Å². The zero-order valence-corrected chi connectivity index (χ0v) is 24.9. The summed E-state index contributed by atoms with van der Waals surface area (Å²) in [4.78, 5) is 38.3. The Balaban J connectivity index is 1.33. The predicted octanol–water partition coefficient (Wildman–Crippen LogP) is 7.64. The highest BCUT2D eigenvalue weighted by Gasteiger charge is 2.68. The molecular formula is C39H33N3O2. The minimum absolute atomic E-state index is 0.133. The lowest BCUT2D eigenvalue weighted by Gasteiger charge is -2.52. The van der Waals surface area contributed by atoms with Gasteiger partial charge in [-0.25, -0.2) is 4.90 Å². The Hall–Kier alpha value is -5.03. The lowest BCUT2D eigenvalue weighted by Crippen LogP contribution is -2.54. The lowest BCUT2D eigenvalue weighted by atomic mass is 9.47. The van der Waals surface area contributed by atoms with Crippen molar-refractivity contribution in [1.82, 2.24) is 0 Å². The van der Waals surface area contributed by atoms with Crippen molar-refractivity contribution in [3.8, 4) is 0 Å². The van der Waals surface area contributed by atoms with Gasteiger partial charge in [0, 0.05) is 36.3 Å². The zero-order chi connectivity index (χ0) is 30.0. The van der Waals surface area contributed by atoms with E-state index in [0.717, 1.165) is 57.5 Å². The zero-order valence-electron chi connectivity index (χ0n) is 24.9. The SMILES string of the molecule is CCN(CC)c1ccc(N=CC23c4ccccc4C(c4ccccc42)[C@H]2C(=O)N(c4cccc5ccccc45)C(=O)[C@@H]23)cc1. The number of aliphatic imine (C=N–C) groups is 1. The monoisotopic (exact) mass is 575 g/mol. The van der Waals surface area contributed by atoms with E-state index >= 15 is 0 Å². The molecule has 216 valence electrons. The van der Waals surface area contributed by atoms with E-state index in [1.807, 2.05) is 85.1 Å². The highest BCUT2D eigenvalue weighted by Crippen LogP contribution is 2.64. The summed E-state index contributed by atoms with van der Waals surface area (Å²) in [5, 5.41) is 1.90. The summed E-state index contributed by atoms with van der Waals surface area (Å²) in [5.41, 5.74) is 6.08. The normalized spacial score (nSPS) is 23.2. The molecule has 0 radical (unpaired) electrons. The maximum Gasteiger partial charge on any atom is 0.239 e. The van der Waals surface area contributed by atoms with E-state index in [0.29, 0.717) is 5.69 Å². The van der Waals surface area contributed by atoms with Crippen molar-refractivity contribution in [3.05, 3.63) is 138 Å². The number of hydrogen-bond donors (Lipinski definition) is 0. The fourth-order valence-electron chi connectivity index (χ4n) is 8.21. The van der Waals surface area contributed by atoms with Gasteiger partial charge in [-0.1, -0.05) is 84.9 Å². The number of rotatable bonds is 6. The van der Waals surface area contributed by atoms with Gasteiger partial charge in [-0.2, -0.15) is 0 Å². The molecule has 9 rings (SSSR count). The molecule has 0 unspecified atom stereocenters. The summed E-state index contributed by atoms with van der Waals surface area (Å²) in [6.45, 7) is 6.18. The fourth-order valence-corrected chi connectivity index (χ4v) is 8.21. The summed E-state index contributed by atoms with van der Waals surface area (Å²) >= 11 is 0. The first-order valence-electron chi connectivity index (χ1n) is 15.5. The first-order chi connectivity index (χ1) is 21.6. The van der Waals surface area contributed by atoms with Crippen LogP contribution in [-0.4, -0.2) is 31.1 Å². The molecular weight excluding hydrogens is 542 g/mol. The highest BCUT2D eigenvalue weighted by atomic mass is 16.2. The number of carbonyl (C=O) groups excluding carboxylic acids is 2. The second kappa shape index (κ2) is 10.0. The van der Waals surface area contributed by atoms with Gasteiger partial charge in [0.25, 0.3) is 0 Å². The van der Waals surface area contributed by atoms with E-state index in [1.165, 1.54) is 4.90 Å². The molecule has 1 aliphatic heterocycles. The van der Waals surface area contributed by atoms with E-state index in [9.17, 15) is 9.59 Å². The summed E-state index contributed by atoms with van der Waals surface area (Å²) in [7, 11) is 0. The van der Waals surface area contributed by atoms with Crippen LogP contribution in [0.1, 0.15) is 42.0 Å². The molecule has 44 heavy (non-hydrogen) atoms. The lowest BCUT2D eigenvalue weighted by molar-refractivity contribution is -0.122. The number of benzene rings is 5. The maximum absolute atomic E-state index is 14.8. The number of nitrogens with zero attached hydrogens (tertiary/aromatic N) is 3.